The second-order valence-electron chi connectivity index (χ2n) is 5.40. The molecule has 1 aromatic carbocycles. The summed E-state index contributed by atoms with van der Waals surface area (Å²) in [6.07, 6.45) is -4.58. The van der Waals surface area contributed by atoms with Crippen LogP contribution in [0.4, 0.5) is 13.2 Å². The minimum atomic E-state index is -4.62. The van der Waals surface area contributed by atoms with Gasteiger partial charge in [0.25, 0.3) is 0 Å². The number of rotatable bonds is 6. The quantitative estimate of drug-likeness (QED) is 0.821. The van der Waals surface area contributed by atoms with Crippen molar-refractivity contribution >= 4 is 5.97 Å². The molecule has 6 heteroatoms. The van der Waals surface area contributed by atoms with E-state index < -0.39 is 24.1 Å². The second kappa shape index (κ2) is 7.45. The minimum absolute atomic E-state index is 0.0360. The van der Waals surface area contributed by atoms with Gasteiger partial charge in [-0.1, -0.05) is 44.2 Å². The molecule has 1 aromatic rings. The molecule has 2 atom stereocenters. The molecule has 0 bridgehead atoms. The highest BCUT2D eigenvalue weighted by molar-refractivity contribution is 5.73. The number of alkyl halides is 3. The van der Waals surface area contributed by atoms with E-state index >= 15 is 0 Å². The number of hydrogen-bond donors (Lipinski definition) is 1. The largest absolute Gasteiger partial charge is 0.461 e. The summed E-state index contributed by atoms with van der Waals surface area (Å²) in [4.78, 5) is 11.9. The van der Waals surface area contributed by atoms with Crippen LogP contribution in [0.25, 0.3) is 0 Å². The van der Waals surface area contributed by atoms with E-state index in [0.717, 1.165) is 5.56 Å². The van der Waals surface area contributed by atoms with Gasteiger partial charge in [-0.15, -0.1) is 0 Å². The third kappa shape index (κ3) is 5.75. The fraction of sp³-hybridized carbons (Fsp3) is 0.533. The Morgan fingerprint density at radius 2 is 1.81 bits per heavy atom. The van der Waals surface area contributed by atoms with Crippen LogP contribution in [-0.2, 0) is 16.1 Å². The smallest absolute Gasteiger partial charge is 0.404 e. The van der Waals surface area contributed by atoms with E-state index in [-0.39, 0.29) is 18.9 Å². The summed E-state index contributed by atoms with van der Waals surface area (Å²) in [5, 5.41) is 0. The van der Waals surface area contributed by atoms with Gasteiger partial charge in [0, 0.05) is 0 Å². The Morgan fingerprint density at radius 1 is 1.24 bits per heavy atom. The van der Waals surface area contributed by atoms with Crippen LogP contribution >= 0.6 is 0 Å². The first kappa shape index (κ1) is 17.5. The Labute approximate surface area is 122 Å². The molecule has 0 saturated carbocycles. The van der Waals surface area contributed by atoms with Gasteiger partial charge < -0.3 is 10.5 Å². The van der Waals surface area contributed by atoms with E-state index in [2.05, 4.69) is 0 Å². The van der Waals surface area contributed by atoms with Crippen LogP contribution in [0.2, 0.25) is 0 Å². The SMILES string of the molecule is CC(C)C[C@@H](C(=O)OCc1ccccc1)[C@@H](N)C(F)(F)F. The number of nitrogens with two attached hydrogens (primary N) is 1. The van der Waals surface area contributed by atoms with E-state index in [1.165, 1.54) is 0 Å². The maximum atomic E-state index is 12.7. The van der Waals surface area contributed by atoms with Gasteiger partial charge in [-0.25, -0.2) is 0 Å². The van der Waals surface area contributed by atoms with Crippen molar-refractivity contribution in [1.29, 1.82) is 0 Å². The summed E-state index contributed by atoms with van der Waals surface area (Å²) in [7, 11) is 0. The van der Waals surface area contributed by atoms with E-state index in [1.54, 1.807) is 44.2 Å². The number of esters is 1. The van der Waals surface area contributed by atoms with Crippen molar-refractivity contribution in [2.45, 2.75) is 39.1 Å². The lowest BCUT2D eigenvalue weighted by Crippen LogP contribution is -2.47. The van der Waals surface area contributed by atoms with Crippen molar-refractivity contribution in [2.24, 2.45) is 17.6 Å². The van der Waals surface area contributed by atoms with Crippen LogP contribution < -0.4 is 5.73 Å². The highest BCUT2D eigenvalue weighted by Gasteiger charge is 2.45. The molecule has 0 aromatic heterocycles. The average molecular weight is 303 g/mol. The zero-order valence-electron chi connectivity index (χ0n) is 12.1. The van der Waals surface area contributed by atoms with Crippen molar-refractivity contribution in [1.82, 2.24) is 0 Å². The topological polar surface area (TPSA) is 52.3 Å². The first-order valence-corrected chi connectivity index (χ1v) is 6.74. The maximum absolute atomic E-state index is 12.7. The van der Waals surface area contributed by atoms with Gasteiger partial charge in [0.1, 0.15) is 12.6 Å². The molecule has 0 saturated heterocycles. The molecule has 0 radical (unpaired) electrons. The Bertz CT molecular complexity index is 446. The summed E-state index contributed by atoms with van der Waals surface area (Å²) in [6, 6.07) is 6.57. The number of carbonyl (C=O) groups is 1. The Hall–Kier alpha value is -1.56. The minimum Gasteiger partial charge on any atom is -0.461 e. The van der Waals surface area contributed by atoms with Gasteiger partial charge in [-0.3, -0.25) is 4.79 Å². The van der Waals surface area contributed by atoms with Crippen molar-refractivity contribution < 1.29 is 22.7 Å². The molecule has 3 nitrogen and oxygen atoms in total. The summed E-state index contributed by atoms with van der Waals surface area (Å²) in [6.45, 7) is 3.42. The molecular weight excluding hydrogens is 283 g/mol. The van der Waals surface area contributed by atoms with Gasteiger partial charge >= 0.3 is 12.1 Å². The molecule has 0 aliphatic heterocycles. The first-order valence-electron chi connectivity index (χ1n) is 6.74. The Balaban J connectivity index is 2.71. The molecule has 0 heterocycles. The van der Waals surface area contributed by atoms with Gasteiger partial charge in [-0.2, -0.15) is 13.2 Å². The molecular formula is C15H20F3NO2. The fourth-order valence-corrected chi connectivity index (χ4v) is 1.96. The Kier molecular flexibility index (Phi) is 6.20. The van der Waals surface area contributed by atoms with Crippen LogP contribution in [0.3, 0.4) is 0 Å². The summed E-state index contributed by atoms with van der Waals surface area (Å²) < 4.78 is 43.2. The zero-order valence-corrected chi connectivity index (χ0v) is 12.1. The van der Waals surface area contributed by atoms with Crippen molar-refractivity contribution in [3.05, 3.63) is 35.9 Å². The number of halogens is 3. The Morgan fingerprint density at radius 3 is 2.29 bits per heavy atom. The summed E-state index contributed by atoms with van der Waals surface area (Å²) in [5.41, 5.74) is 5.90. The van der Waals surface area contributed by atoms with Gasteiger partial charge in [-0.05, 0) is 17.9 Å². The van der Waals surface area contributed by atoms with Gasteiger partial charge in [0.05, 0.1) is 5.92 Å². The summed E-state index contributed by atoms with van der Waals surface area (Å²) >= 11 is 0. The predicted molar refractivity (Wildman–Crippen MR) is 73.2 cm³/mol. The zero-order chi connectivity index (χ0) is 16.0. The molecule has 2 N–H and O–H groups in total. The van der Waals surface area contributed by atoms with Gasteiger partial charge in [0.15, 0.2) is 0 Å². The van der Waals surface area contributed by atoms with E-state index in [0.29, 0.717) is 0 Å². The van der Waals surface area contributed by atoms with Crippen molar-refractivity contribution in [3.8, 4) is 0 Å². The monoisotopic (exact) mass is 303 g/mol. The first-order chi connectivity index (χ1) is 9.71. The number of hydrogen-bond acceptors (Lipinski definition) is 3. The van der Waals surface area contributed by atoms with Crippen LogP contribution in [0.15, 0.2) is 30.3 Å². The maximum Gasteiger partial charge on any atom is 0.404 e. The van der Waals surface area contributed by atoms with Crippen LogP contribution in [0.5, 0.6) is 0 Å². The number of ether oxygens (including phenoxy) is 1. The molecule has 0 aliphatic rings. The van der Waals surface area contributed by atoms with Gasteiger partial charge in [0.2, 0.25) is 0 Å². The van der Waals surface area contributed by atoms with Crippen LogP contribution in [0, 0.1) is 11.8 Å². The molecule has 0 fully saturated rings. The lowest BCUT2D eigenvalue weighted by atomic mass is 9.90. The molecule has 0 amide bonds. The third-order valence-electron chi connectivity index (χ3n) is 3.06. The van der Waals surface area contributed by atoms with E-state index in [4.69, 9.17) is 10.5 Å². The third-order valence-corrected chi connectivity index (χ3v) is 3.06. The molecule has 1 rings (SSSR count). The van der Waals surface area contributed by atoms with Crippen LogP contribution in [-0.4, -0.2) is 18.2 Å². The molecule has 0 aliphatic carbocycles. The van der Waals surface area contributed by atoms with Crippen LogP contribution in [0.1, 0.15) is 25.8 Å². The highest BCUT2D eigenvalue weighted by Crippen LogP contribution is 2.28. The van der Waals surface area contributed by atoms with Crippen molar-refractivity contribution in [2.75, 3.05) is 0 Å². The lowest BCUT2D eigenvalue weighted by molar-refractivity contribution is -0.178. The molecule has 118 valence electrons. The predicted octanol–water partition coefficient (Wildman–Crippen LogP) is 3.28. The molecule has 0 unspecified atom stereocenters. The van der Waals surface area contributed by atoms with Crippen molar-refractivity contribution in [3.63, 3.8) is 0 Å². The lowest BCUT2D eigenvalue weighted by Gasteiger charge is -2.25. The molecule has 21 heavy (non-hydrogen) atoms. The highest BCUT2D eigenvalue weighted by atomic mass is 19.4. The second-order valence-corrected chi connectivity index (χ2v) is 5.40. The summed E-state index contributed by atoms with van der Waals surface area (Å²) in [5.74, 6) is -2.38. The van der Waals surface area contributed by atoms with E-state index in [9.17, 15) is 18.0 Å². The number of carbonyl (C=O) groups excluding carboxylic acids is 1. The average Bonchev–Trinajstić information content (AvgIpc) is 2.41. The standard InChI is InChI=1S/C15H20F3NO2/c1-10(2)8-12(13(19)15(16,17)18)14(20)21-9-11-6-4-3-5-7-11/h3-7,10,12-13H,8-9,19H2,1-2H3/t12-,13-/m1/s1. The number of benzene rings is 1. The normalized spacial score (nSPS) is 14.8. The fourth-order valence-electron chi connectivity index (χ4n) is 1.96. The van der Waals surface area contributed by atoms with E-state index in [1.807, 2.05) is 0 Å². The molecule has 0 spiro atoms.